The Hall–Kier alpha value is -0.170. The van der Waals surface area contributed by atoms with Crippen LogP contribution >= 0.6 is 22.9 Å². The second kappa shape index (κ2) is 2.46. The molecule has 7 heteroatoms. The summed E-state index contributed by atoms with van der Waals surface area (Å²) in [5.41, 5.74) is 0. The molecule has 0 bridgehead atoms. The zero-order valence-electron chi connectivity index (χ0n) is 4.61. The Labute approximate surface area is 66.7 Å². The molecule has 0 unspecified atom stereocenters. The molecule has 4 nitrogen and oxygen atoms in total. The molecule has 1 aromatic heterocycles. The molecule has 0 fully saturated rings. The number of nitrogens with two attached hydrogens (primary N) is 1. The number of rotatable bonds is 1. The van der Waals surface area contributed by atoms with Crippen LogP contribution in [0.3, 0.4) is 0 Å². The molecule has 0 spiro atoms. The number of aromatic nitrogens is 1. The maximum absolute atomic E-state index is 10.5. The molecule has 2 N–H and O–H groups in total. The Balaban J connectivity index is 3.21. The van der Waals surface area contributed by atoms with E-state index in [2.05, 4.69) is 4.98 Å². The van der Waals surface area contributed by atoms with Gasteiger partial charge in [0.25, 0.3) is 10.0 Å². The van der Waals surface area contributed by atoms with Gasteiger partial charge < -0.3 is 0 Å². The molecule has 1 heterocycles. The van der Waals surface area contributed by atoms with E-state index >= 15 is 0 Å². The summed E-state index contributed by atoms with van der Waals surface area (Å²) in [6.07, 6.45) is 0. The highest BCUT2D eigenvalue weighted by Gasteiger charge is 2.10. The van der Waals surface area contributed by atoms with Crippen molar-refractivity contribution in [2.45, 2.75) is 5.03 Å². The first kappa shape index (κ1) is 7.93. The van der Waals surface area contributed by atoms with E-state index in [-0.39, 0.29) is 9.49 Å². The van der Waals surface area contributed by atoms with E-state index in [1.807, 2.05) is 0 Å². The largest absolute Gasteiger partial charge is 0.256 e. The van der Waals surface area contributed by atoms with Gasteiger partial charge in [-0.15, -0.1) is 11.3 Å². The van der Waals surface area contributed by atoms with E-state index in [4.69, 9.17) is 16.7 Å². The van der Waals surface area contributed by atoms with Crippen LogP contribution in [-0.2, 0) is 10.0 Å². The SMILES string of the molecule is NS(=O)(=O)c1csc(Cl)n1. The lowest BCUT2D eigenvalue weighted by molar-refractivity contribution is 0.595. The third-order valence-electron chi connectivity index (χ3n) is 0.747. The Kier molecular flexibility index (Phi) is 1.95. The van der Waals surface area contributed by atoms with Crippen LogP contribution in [0.5, 0.6) is 0 Å². The van der Waals surface area contributed by atoms with Crippen LogP contribution < -0.4 is 5.14 Å². The van der Waals surface area contributed by atoms with Gasteiger partial charge in [-0.2, -0.15) is 0 Å². The van der Waals surface area contributed by atoms with E-state index in [0.717, 1.165) is 11.3 Å². The van der Waals surface area contributed by atoms with Crippen LogP contribution in [0.1, 0.15) is 0 Å². The van der Waals surface area contributed by atoms with Crippen molar-refractivity contribution < 1.29 is 8.42 Å². The van der Waals surface area contributed by atoms with E-state index in [9.17, 15) is 8.42 Å². The lowest BCUT2D eigenvalue weighted by Gasteiger charge is -1.85. The number of halogens is 1. The van der Waals surface area contributed by atoms with Crippen molar-refractivity contribution in [2.75, 3.05) is 0 Å². The third-order valence-corrected chi connectivity index (χ3v) is 2.67. The molecular formula is C3H3ClN2O2S2. The summed E-state index contributed by atoms with van der Waals surface area (Å²) in [5, 5.41) is 5.84. The fourth-order valence-corrected chi connectivity index (χ4v) is 2.00. The highest BCUT2D eigenvalue weighted by Crippen LogP contribution is 2.17. The molecule has 1 rings (SSSR count). The quantitative estimate of drug-likeness (QED) is 0.712. The minimum absolute atomic E-state index is 0.170. The molecule has 10 heavy (non-hydrogen) atoms. The standard InChI is InChI=1S/C3H3ClN2O2S2/c4-3-6-2(1-9-3)10(5,7)8/h1H,(H2,5,7,8). The van der Waals surface area contributed by atoms with Gasteiger partial charge in [0.1, 0.15) is 0 Å². The second-order valence-electron chi connectivity index (χ2n) is 1.48. The Morgan fingerprint density at radius 2 is 2.30 bits per heavy atom. The first-order valence-corrected chi connectivity index (χ1v) is 4.94. The number of sulfonamides is 1. The maximum atomic E-state index is 10.5. The summed E-state index contributed by atoms with van der Waals surface area (Å²) < 4.78 is 21.2. The molecule has 0 saturated heterocycles. The molecule has 0 aliphatic heterocycles. The van der Waals surface area contributed by atoms with Gasteiger partial charge in [-0.25, -0.2) is 18.5 Å². The van der Waals surface area contributed by atoms with Crippen molar-refractivity contribution in [3.8, 4) is 0 Å². The minimum Gasteiger partial charge on any atom is -0.223 e. The van der Waals surface area contributed by atoms with Crippen LogP contribution in [0.2, 0.25) is 4.47 Å². The lowest BCUT2D eigenvalue weighted by atomic mass is 11.0. The lowest BCUT2D eigenvalue weighted by Crippen LogP contribution is -2.12. The van der Waals surface area contributed by atoms with Gasteiger partial charge in [0.05, 0.1) is 0 Å². The average Bonchev–Trinajstić information content (AvgIpc) is 2.11. The minimum atomic E-state index is -3.67. The van der Waals surface area contributed by atoms with Gasteiger partial charge in [0, 0.05) is 5.38 Å². The number of hydrogen-bond donors (Lipinski definition) is 1. The smallest absolute Gasteiger partial charge is 0.223 e. The fraction of sp³-hybridized carbons (Fsp3) is 0. The summed E-state index contributed by atoms with van der Waals surface area (Å²) in [6.45, 7) is 0. The molecule has 0 radical (unpaired) electrons. The van der Waals surface area contributed by atoms with Crippen LogP contribution in [0, 0.1) is 0 Å². The van der Waals surface area contributed by atoms with Crippen LogP contribution in [0.25, 0.3) is 0 Å². The van der Waals surface area contributed by atoms with E-state index in [1.54, 1.807) is 0 Å². The van der Waals surface area contributed by atoms with Gasteiger partial charge in [-0.05, 0) is 0 Å². The van der Waals surface area contributed by atoms with Crippen molar-refractivity contribution in [2.24, 2.45) is 5.14 Å². The first-order chi connectivity index (χ1) is 4.50. The van der Waals surface area contributed by atoms with E-state index in [1.165, 1.54) is 5.38 Å². The van der Waals surface area contributed by atoms with E-state index < -0.39 is 10.0 Å². The summed E-state index contributed by atoms with van der Waals surface area (Å²) in [4.78, 5) is 3.45. The second-order valence-corrected chi connectivity index (χ2v) is 4.43. The zero-order chi connectivity index (χ0) is 7.78. The summed E-state index contributed by atoms with van der Waals surface area (Å²) in [6, 6.07) is 0. The number of nitrogens with zero attached hydrogens (tertiary/aromatic N) is 1. The van der Waals surface area contributed by atoms with Crippen molar-refractivity contribution in [3.63, 3.8) is 0 Å². The maximum Gasteiger partial charge on any atom is 0.256 e. The zero-order valence-corrected chi connectivity index (χ0v) is 7.00. The topological polar surface area (TPSA) is 73.1 Å². The fourth-order valence-electron chi connectivity index (χ4n) is 0.369. The van der Waals surface area contributed by atoms with Gasteiger partial charge in [0.15, 0.2) is 9.49 Å². The van der Waals surface area contributed by atoms with Gasteiger partial charge in [0.2, 0.25) is 0 Å². The molecule has 0 atom stereocenters. The Morgan fingerprint density at radius 3 is 2.50 bits per heavy atom. The molecular weight excluding hydrogens is 196 g/mol. The summed E-state index contributed by atoms with van der Waals surface area (Å²) in [7, 11) is -3.67. The Bertz CT molecular complexity index is 330. The third kappa shape index (κ3) is 1.66. The molecule has 0 aliphatic carbocycles. The number of thiazole rings is 1. The predicted octanol–water partition coefficient (Wildman–Crippen LogP) is 0.444. The molecule has 1 aromatic rings. The van der Waals surface area contributed by atoms with Crippen LogP contribution in [0.15, 0.2) is 10.4 Å². The van der Waals surface area contributed by atoms with Crippen molar-refractivity contribution in [1.82, 2.24) is 4.98 Å². The summed E-state index contributed by atoms with van der Waals surface area (Å²) >= 11 is 6.38. The van der Waals surface area contributed by atoms with E-state index in [0.29, 0.717) is 0 Å². The van der Waals surface area contributed by atoms with Crippen molar-refractivity contribution in [1.29, 1.82) is 0 Å². The summed E-state index contributed by atoms with van der Waals surface area (Å²) in [5.74, 6) is 0. The number of primary sulfonamides is 1. The van der Waals surface area contributed by atoms with Crippen molar-refractivity contribution >= 4 is 33.0 Å². The number of hydrogen-bond acceptors (Lipinski definition) is 4. The molecule has 0 aromatic carbocycles. The molecule has 0 aliphatic rings. The van der Waals surface area contributed by atoms with Gasteiger partial charge in [-0.3, -0.25) is 0 Å². The molecule has 0 saturated carbocycles. The molecule has 0 amide bonds. The van der Waals surface area contributed by atoms with Crippen LogP contribution in [0.4, 0.5) is 0 Å². The van der Waals surface area contributed by atoms with Crippen LogP contribution in [-0.4, -0.2) is 13.4 Å². The average molecular weight is 199 g/mol. The highest BCUT2D eigenvalue weighted by atomic mass is 35.5. The van der Waals surface area contributed by atoms with Gasteiger partial charge >= 0.3 is 0 Å². The normalized spacial score (nSPS) is 11.8. The first-order valence-electron chi connectivity index (χ1n) is 2.14. The van der Waals surface area contributed by atoms with Gasteiger partial charge in [-0.1, -0.05) is 11.6 Å². The monoisotopic (exact) mass is 198 g/mol. The Morgan fingerprint density at radius 1 is 1.70 bits per heavy atom. The van der Waals surface area contributed by atoms with Crippen molar-refractivity contribution in [3.05, 3.63) is 9.85 Å². The predicted molar refractivity (Wildman–Crippen MR) is 38.5 cm³/mol. The molecule has 56 valence electrons. The highest BCUT2D eigenvalue weighted by molar-refractivity contribution is 7.89.